The van der Waals surface area contributed by atoms with Crippen LogP contribution in [0.15, 0.2) is 119 Å². The highest BCUT2D eigenvalue weighted by atomic mass is 32.2. The van der Waals surface area contributed by atoms with Crippen molar-refractivity contribution in [2.75, 3.05) is 52.5 Å². The number of fused-ring (bicyclic) bond motifs is 8. The zero-order chi connectivity index (χ0) is 40.7. The molecule has 6 aromatic carbocycles. The van der Waals surface area contributed by atoms with E-state index in [0.29, 0.717) is 13.2 Å². The van der Waals surface area contributed by atoms with E-state index < -0.39 is 5.60 Å². The maximum atomic E-state index is 13.9. The molecule has 1 fully saturated rings. The van der Waals surface area contributed by atoms with Crippen molar-refractivity contribution in [1.29, 1.82) is 0 Å². The molecule has 0 unspecified atom stereocenters. The Bertz CT molecular complexity index is 2470. The molecule has 2 aliphatic heterocycles. The highest BCUT2D eigenvalue weighted by Gasteiger charge is 2.48. The summed E-state index contributed by atoms with van der Waals surface area (Å²) in [5.74, 6) is 2.97. The van der Waals surface area contributed by atoms with Gasteiger partial charge in [-0.3, -0.25) is 0 Å². The van der Waals surface area contributed by atoms with Gasteiger partial charge < -0.3 is 28.6 Å². The third-order valence-corrected chi connectivity index (χ3v) is 13.4. The Hall–Kier alpha value is -5.44. The number of benzene rings is 6. The molecule has 6 aromatic rings. The molecule has 9 rings (SSSR count). The van der Waals surface area contributed by atoms with Crippen LogP contribution in [-0.2, 0) is 15.8 Å². The molecule has 0 radical (unpaired) electrons. The van der Waals surface area contributed by atoms with Gasteiger partial charge in [-0.15, -0.1) is 0 Å². The number of hydrogen-bond acceptors (Lipinski definition) is 7. The van der Waals surface area contributed by atoms with Gasteiger partial charge in [0, 0.05) is 50.4 Å². The molecule has 0 N–H and O–H groups in total. The van der Waals surface area contributed by atoms with Crippen LogP contribution >= 0.6 is 11.8 Å². The lowest BCUT2D eigenvalue weighted by Gasteiger charge is -2.40. The van der Waals surface area contributed by atoms with Crippen molar-refractivity contribution in [2.24, 2.45) is 0 Å². The topological polar surface area (TPSA) is 49.4 Å². The molecule has 0 amide bonds. The Morgan fingerprint density at radius 3 is 1.93 bits per heavy atom. The number of rotatable bonds is 12. The highest BCUT2D eigenvalue weighted by Crippen LogP contribution is 2.62. The minimum atomic E-state index is -0.967. The van der Waals surface area contributed by atoms with Crippen LogP contribution in [0.3, 0.4) is 0 Å². The average molecular weight is 808 g/mol. The van der Waals surface area contributed by atoms with Crippen molar-refractivity contribution >= 4 is 34.3 Å². The lowest BCUT2D eigenvalue weighted by molar-refractivity contribution is 0.122. The summed E-state index contributed by atoms with van der Waals surface area (Å²) in [6.45, 7) is 7.48. The van der Waals surface area contributed by atoms with Crippen LogP contribution in [0.25, 0.3) is 28.0 Å². The van der Waals surface area contributed by atoms with Crippen LogP contribution in [0.4, 0.5) is 10.1 Å². The van der Waals surface area contributed by atoms with Gasteiger partial charge in [0.05, 0.1) is 40.2 Å². The zero-order valence-electron chi connectivity index (χ0n) is 34.4. The predicted octanol–water partition coefficient (Wildman–Crippen LogP) is 12.2. The van der Waals surface area contributed by atoms with Gasteiger partial charge in [-0.25, -0.2) is 4.39 Å². The molecule has 1 saturated heterocycles. The SMILES string of the molecule is CCCC1(CCC)c2cc(Sc3ccc(F)cc3)ccc2-c2c1c1c(c3cc(OC)c(N4CCOCC4)cc23)OC(c2ccc(OC)cc2)(c2ccc(OC)cc2)C=C1. The Morgan fingerprint density at radius 2 is 1.34 bits per heavy atom. The molecule has 59 heavy (non-hydrogen) atoms. The van der Waals surface area contributed by atoms with Crippen LogP contribution in [0.2, 0.25) is 0 Å². The van der Waals surface area contributed by atoms with E-state index in [1.807, 2.05) is 36.4 Å². The van der Waals surface area contributed by atoms with Crippen molar-refractivity contribution in [1.82, 2.24) is 0 Å². The van der Waals surface area contributed by atoms with Crippen LogP contribution < -0.4 is 23.8 Å². The molecular weight excluding hydrogens is 758 g/mol. The molecule has 3 aliphatic rings. The fraction of sp³-hybridized carbons (Fsp3) is 0.294. The van der Waals surface area contributed by atoms with E-state index >= 15 is 0 Å². The maximum absolute atomic E-state index is 13.9. The van der Waals surface area contributed by atoms with Crippen molar-refractivity contribution in [3.8, 4) is 34.1 Å². The van der Waals surface area contributed by atoms with Crippen molar-refractivity contribution in [3.05, 3.63) is 143 Å². The van der Waals surface area contributed by atoms with Crippen molar-refractivity contribution < 1.29 is 28.1 Å². The number of ether oxygens (including phenoxy) is 5. The molecule has 6 nitrogen and oxygen atoms in total. The van der Waals surface area contributed by atoms with E-state index in [1.54, 1.807) is 33.1 Å². The first kappa shape index (κ1) is 39.0. The molecule has 0 spiro atoms. The first-order chi connectivity index (χ1) is 28.9. The summed E-state index contributed by atoms with van der Waals surface area (Å²) in [6.07, 6.45) is 8.54. The van der Waals surface area contributed by atoms with Gasteiger partial charge in [0.1, 0.15) is 28.8 Å². The molecule has 2 heterocycles. The second-order valence-corrected chi connectivity index (χ2v) is 16.8. The van der Waals surface area contributed by atoms with Crippen LogP contribution in [0.5, 0.6) is 23.0 Å². The minimum Gasteiger partial charge on any atom is -0.497 e. The highest BCUT2D eigenvalue weighted by molar-refractivity contribution is 7.99. The normalized spacial score (nSPS) is 15.9. The fourth-order valence-electron chi connectivity index (χ4n) is 9.77. The Labute approximate surface area is 350 Å². The minimum absolute atomic E-state index is 0.230. The monoisotopic (exact) mass is 807 g/mol. The van der Waals surface area contributed by atoms with E-state index in [0.717, 1.165) is 105 Å². The van der Waals surface area contributed by atoms with E-state index in [1.165, 1.54) is 34.4 Å². The Kier molecular flexibility index (Phi) is 10.6. The number of methoxy groups -OCH3 is 3. The fourth-order valence-corrected chi connectivity index (χ4v) is 10.6. The van der Waals surface area contributed by atoms with Gasteiger partial charge >= 0.3 is 0 Å². The smallest absolute Gasteiger partial charge is 0.178 e. The summed E-state index contributed by atoms with van der Waals surface area (Å²) in [5.41, 5.74) is 8.08. The molecular formula is C51H50FNO5S. The number of morpholine rings is 1. The van der Waals surface area contributed by atoms with Crippen LogP contribution in [0, 0.1) is 5.82 Å². The summed E-state index contributed by atoms with van der Waals surface area (Å²) in [6, 6.07) is 34.7. The molecule has 302 valence electrons. The maximum Gasteiger partial charge on any atom is 0.178 e. The van der Waals surface area contributed by atoms with Gasteiger partial charge in [0.25, 0.3) is 0 Å². The van der Waals surface area contributed by atoms with Crippen LogP contribution in [-0.4, -0.2) is 47.6 Å². The van der Waals surface area contributed by atoms with Crippen molar-refractivity contribution in [3.63, 3.8) is 0 Å². The summed E-state index contributed by atoms with van der Waals surface area (Å²) < 4.78 is 44.9. The lowest BCUT2D eigenvalue weighted by atomic mass is 9.69. The van der Waals surface area contributed by atoms with E-state index in [-0.39, 0.29) is 11.2 Å². The Morgan fingerprint density at radius 1 is 0.712 bits per heavy atom. The zero-order valence-corrected chi connectivity index (χ0v) is 35.2. The third-order valence-electron chi connectivity index (χ3n) is 12.4. The van der Waals surface area contributed by atoms with E-state index in [9.17, 15) is 4.39 Å². The molecule has 1 aliphatic carbocycles. The summed E-state index contributed by atoms with van der Waals surface area (Å²) in [4.78, 5) is 4.53. The molecule has 0 saturated carbocycles. The van der Waals surface area contributed by atoms with Gasteiger partial charge in [0.2, 0.25) is 0 Å². The molecule has 8 heteroatoms. The van der Waals surface area contributed by atoms with Crippen molar-refractivity contribution in [2.45, 2.75) is 60.3 Å². The number of nitrogens with zero attached hydrogens (tertiary/aromatic N) is 1. The average Bonchev–Trinajstić information content (AvgIpc) is 3.56. The van der Waals surface area contributed by atoms with E-state index in [4.69, 9.17) is 23.7 Å². The predicted molar refractivity (Wildman–Crippen MR) is 237 cm³/mol. The Balaban J connectivity index is 1.34. The third kappa shape index (κ3) is 6.61. The standard InChI is InChI=1S/C51H50FNO5S/c1-6-23-50(24-7-2)44-30-39(59-38-18-12-35(52)13-19-38)20-21-40(44)47-42-31-45(53-26-28-57-29-27-53)46(56-5)32-43(42)49-41(48(47)50)22-25-51(58-49,33-8-14-36(54-3)15-9-33)34-10-16-37(55-4)17-11-34/h8-22,25,30-32H,6-7,23-24,26-29H2,1-5H3. The number of halogens is 1. The van der Waals surface area contributed by atoms with Gasteiger partial charge in [-0.05, 0) is 119 Å². The summed E-state index contributed by atoms with van der Waals surface area (Å²) >= 11 is 1.68. The summed E-state index contributed by atoms with van der Waals surface area (Å²) in [7, 11) is 5.13. The van der Waals surface area contributed by atoms with E-state index in [2.05, 4.69) is 85.5 Å². The van der Waals surface area contributed by atoms with Gasteiger partial charge in [0.15, 0.2) is 5.60 Å². The summed E-state index contributed by atoms with van der Waals surface area (Å²) in [5, 5.41) is 2.15. The van der Waals surface area contributed by atoms with Gasteiger partial charge in [-0.2, -0.15) is 0 Å². The van der Waals surface area contributed by atoms with Gasteiger partial charge in [-0.1, -0.05) is 74.9 Å². The quantitative estimate of drug-likeness (QED) is 0.122. The number of hydrogen-bond donors (Lipinski definition) is 0. The first-order valence-corrected chi connectivity index (χ1v) is 21.5. The second-order valence-electron chi connectivity index (χ2n) is 15.6. The molecule has 0 aromatic heterocycles. The lowest BCUT2D eigenvalue weighted by Crippen LogP contribution is -2.36. The van der Waals surface area contributed by atoms with Crippen LogP contribution in [0.1, 0.15) is 67.3 Å². The molecule has 0 atom stereocenters. The largest absolute Gasteiger partial charge is 0.497 e. The number of anilines is 1. The molecule has 0 bridgehead atoms. The first-order valence-electron chi connectivity index (χ1n) is 20.7. The second kappa shape index (κ2) is 16.0.